The van der Waals surface area contributed by atoms with Gasteiger partial charge in [-0.15, -0.1) is 0 Å². The Kier molecular flexibility index (Phi) is 8.39. The molecule has 2 saturated heterocycles. The van der Waals surface area contributed by atoms with Crippen molar-refractivity contribution in [2.75, 3.05) is 19.6 Å². The third-order valence-corrected chi connectivity index (χ3v) is 5.68. The molecule has 10 heteroatoms. The van der Waals surface area contributed by atoms with Crippen molar-refractivity contribution in [2.24, 2.45) is 11.5 Å². The number of nitrogens with two attached hydrogens (primary N) is 2. The number of rotatable bonds is 9. The number of unbranched alkanes of at least 4 members (excludes halogenated alkanes) is 1. The van der Waals surface area contributed by atoms with E-state index in [0.717, 1.165) is 12.8 Å². The van der Waals surface area contributed by atoms with Gasteiger partial charge in [0, 0.05) is 13.1 Å². The van der Waals surface area contributed by atoms with Crippen LogP contribution in [0.25, 0.3) is 0 Å². The summed E-state index contributed by atoms with van der Waals surface area (Å²) in [5, 5.41) is 12.0. The Morgan fingerprint density at radius 2 is 1.69 bits per heavy atom. The Morgan fingerprint density at radius 1 is 1.07 bits per heavy atom. The van der Waals surface area contributed by atoms with E-state index in [4.69, 9.17) is 11.5 Å². The molecule has 0 aromatic rings. The zero-order valence-electron chi connectivity index (χ0n) is 17.0. The van der Waals surface area contributed by atoms with Gasteiger partial charge in [-0.25, -0.2) is 4.79 Å². The summed E-state index contributed by atoms with van der Waals surface area (Å²) in [7, 11) is 0. The fourth-order valence-electron chi connectivity index (χ4n) is 4.04. The van der Waals surface area contributed by atoms with E-state index in [2.05, 4.69) is 5.32 Å². The number of hydrogen-bond acceptors (Lipinski definition) is 6. The van der Waals surface area contributed by atoms with Crippen molar-refractivity contribution in [1.82, 2.24) is 15.1 Å². The quantitative estimate of drug-likeness (QED) is 0.355. The number of carbonyl (C=O) groups excluding carboxylic acids is 3. The number of likely N-dealkylation sites (tertiary alicyclic amines) is 2. The largest absolute Gasteiger partial charge is 0.480 e. The highest BCUT2D eigenvalue weighted by Gasteiger charge is 2.43. The molecule has 0 spiro atoms. The second kappa shape index (κ2) is 10.5. The third kappa shape index (κ3) is 5.66. The maximum absolute atomic E-state index is 12.9. The Balaban J connectivity index is 1.95. The molecule has 0 radical (unpaired) electrons. The summed E-state index contributed by atoms with van der Waals surface area (Å²) in [6.07, 6.45) is 4.21. The zero-order valence-corrected chi connectivity index (χ0v) is 17.0. The lowest BCUT2D eigenvalue weighted by atomic mass is 10.1. The molecule has 29 heavy (non-hydrogen) atoms. The second-order valence-electron chi connectivity index (χ2n) is 7.84. The maximum Gasteiger partial charge on any atom is 0.326 e. The van der Waals surface area contributed by atoms with Crippen molar-refractivity contribution in [1.29, 1.82) is 0 Å². The number of carbonyl (C=O) groups is 4. The molecule has 4 unspecified atom stereocenters. The van der Waals surface area contributed by atoms with E-state index in [-0.39, 0.29) is 11.8 Å². The molecule has 0 aromatic carbocycles. The van der Waals surface area contributed by atoms with Crippen LogP contribution in [0.4, 0.5) is 0 Å². The van der Waals surface area contributed by atoms with E-state index in [1.165, 1.54) is 9.80 Å². The molecule has 0 aromatic heterocycles. The number of nitrogens with one attached hydrogen (secondary N) is 1. The van der Waals surface area contributed by atoms with Crippen LogP contribution < -0.4 is 16.8 Å². The summed E-state index contributed by atoms with van der Waals surface area (Å²) in [5.41, 5.74) is 11.3. The summed E-state index contributed by atoms with van der Waals surface area (Å²) in [5.74, 6) is -2.10. The zero-order chi connectivity index (χ0) is 21.6. The highest BCUT2D eigenvalue weighted by atomic mass is 16.4. The Bertz CT molecular complexity index is 628. The molecule has 2 aliphatic rings. The smallest absolute Gasteiger partial charge is 0.326 e. The molecule has 2 fully saturated rings. The molecule has 4 atom stereocenters. The van der Waals surface area contributed by atoms with Crippen LogP contribution in [0.5, 0.6) is 0 Å². The van der Waals surface area contributed by atoms with Crippen LogP contribution in [0, 0.1) is 0 Å². The second-order valence-corrected chi connectivity index (χ2v) is 7.84. The van der Waals surface area contributed by atoms with Crippen LogP contribution in [0.2, 0.25) is 0 Å². The molecule has 3 amide bonds. The van der Waals surface area contributed by atoms with Gasteiger partial charge in [0.2, 0.25) is 17.7 Å². The molecule has 2 aliphatic heterocycles. The van der Waals surface area contributed by atoms with E-state index >= 15 is 0 Å². The molecule has 2 heterocycles. The number of nitrogens with zero attached hydrogens (tertiary/aromatic N) is 2. The highest BCUT2D eigenvalue weighted by Crippen LogP contribution is 2.25. The lowest BCUT2D eigenvalue weighted by Gasteiger charge is -2.31. The predicted molar refractivity (Wildman–Crippen MR) is 106 cm³/mol. The Labute approximate surface area is 170 Å². The fourth-order valence-corrected chi connectivity index (χ4v) is 4.04. The minimum atomic E-state index is -1.02. The summed E-state index contributed by atoms with van der Waals surface area (Å²) in [6.45, 7) is 2.90. The molecule has 164 valence electrons. The molecule has 0 saturated carbocycles. The molecule has 0 bridgehead atoms. The van der Waals surface area contributed by atoms with Crippen LogP contribution in [0.15, 0.2) is 0 Å². The van der Waals surface area contributed by atoms with Gasteiger partial charge in [0.1, 0.15) is 18.1 Å². The van der Waals surface area contributed by atoms with Crippen molar-refractivity contribution in [2.45, 2.75) is 76.0 Å². The van der Waals surface area contributed by atoms with Crippen LogP contribution in [0.1, 0.15) is 51.9 Å². The van der Waals surface area contributed by atoms with E-state index in [0.29, 0.717) is 51.7 Å². The normalized spacial score (nSPS) is 23.7. The van der Waals surface area contributed by atoms with E-state index in [9.17, 15) is 24.3 Å². The van der Waals surface area contributed by atoms with Gasteiger partial charge in [-0.2, -0.15) is 0 Å². The van der Waals surface area contributed by atoms with Crippen molar-refractivity contribution in [3.8, 4) is 0 Å². The van der Waals surface area contributed by atoms with Gasteiger partial charge < -0.3 is 31.7 Å². The number of carboxylic acids is 1. The highest BCUT2D eigenvalue weighted by molar-refractivity contribution is 5.94. The molecule has 0 aliphatic carbocycles. The fraction of sp³-hybridized carbons (Fsp3) is 0.789. The monoisotopic (exact) mass is 411 g/mol. The van der Waals surface area contributed by atoms with Crippen LogP contribution >= 0.6 is 0 Å². The first-order valence-corrected chi connectivity index (χ1v) is 10.4. The minimum absolute atomic E-state index is 0.322. The van der Waals surface area contributed by atoms with Gasteiger partial charge in [-0.05, 0) is 52.0 Å². The summed E-state index contributed by atoms with van der Waals surface area (Å²) >= 11 is 0. The van der Waals surface area contributed by atoms with E-state index in [1.807, 2.05) is 0 Å². The minimum Gasteiger partial charge on any atom is -0.480 e. The predicted octanol–water partition coefficient (Wildman–Crippen LogP) is -0.986. The van der Waals surface area contributed by atoms with E-state index < -0.39 is 36.0 Å². The lowest BCUT2D eigenvalue weighted by Crippen LogP contribution is -2.56. The summed E-state index contributed by atoms with van der Waals surface area (Å²) < 4.78 is 0. The van der Waals surface area contributed by atoms with Gasteiger partial charge in [-0.3, -0.25) is 14.4 Å². The molecular weight excluding hydrogens is 378 g/mol. The van der Waals surface area contributed by atoms with Crippen LogP contribution in [-0.2, 0) is 19.2 Å². The topological polar surface area (TPSA) is 159 Å². The molecule has 6 N–H and O–H groups in total. The number of aliphatic carboxylic acids is 1. The van der Waals surface area contributed by atoms with Crippen molar-refractivity contribution in [3.63, 3.8) is 0 Å². The molecule has 2 rings (SSSR count). The number of carboxylic acid groups (broad SMARTS) is 1. The first-order chi connectivity index (χ1) is 13.8. The van der Waals surface area contributed by atoms with Gasteiger partial charge in [0.15, 0.2) is 0 Å². The molecule has 10 nitrogen and oxygen atoms in total. The SMILES string of the molecule is CC(NC(=O)C(N)CCCCN)C(=O)N1CCCC1C(=O)N1CCCC1C(=O)O. The Morgan fingerprint density at radius 3 is 2.31 bits per heavy atom. The van der Waals surface area contributed by atoms with Gasteiger partial charge >= 0.3 is 5.97 Å². The van der Waals surface area contributed by atoms with Crippen molar-refractivity contribution >= 4 is 23.7 Å². The van der Waals surface area contributed by atoms with Gasteiger partial charge in [-0.1, -0.05) is 6.42 Å². The lowest BCUT2D eigenvalue weighted by molar-refractivity contribution is -0.152. The van der Waals surface area contributed by atoms with Crippen LogP contribution in [0.3, 0.4) is 0 Å². The third-order valence-electron chi connectivity index (χ3n) is 5.68. The van der Waals surface area contributed by atoms with Crippen LogP contribution in [-0.4, -0.2) is 82.4 Å². The van der Waals surface area contributed by atoms with Gasteiger partial charge in [0.05, 0.1) is 6.04 Å². The maximum atomic E-state index is 12.9. The van der Waals surface area contributed by atoms with Crippen molar-refractivity contribution < 1.29 is 24.3 Å². The standard InChI is InChI=1S/C19H33N5O5/c1-12(22-16(25)13(21)6-2-3-9-20)17(26)23-10-4-7-14(23)18(27)24-11-5-8-15(24)19(28)29/h12-15H,2-11,20-21H2,1H3,(H,22,25)(H,28,29). The number of amides is 3. The van der Waals surface area contributed by atoms with Crippen molar-refractivity contribution in [3.05, 3.63) is 0 Å². The summed E-state index contributed by atoms with van der Waals surface area (Å²) in [4.78, 5) is 52.3. The Hall–Kier alpha value is -2.20. The molecular formula is C19H33N5O5. The average Bonchev–Trinajstić information content (AvgIpc) is 3.36. The van der Waals surface area contributed by atoms with E-state index in [1.54, 1.807) is 6.92 Å². The average molecular weight is 412 g/mol. The first kappa shape index (κ1) is 23.1. The summed E-state index contributed by atoms with van der Waals surface area (Å²) in [6, 6.07) is -3.04. The first-order valence-electron chi connectivity index (χ1n) is 10.4. The number of hydrogen-bond donors (Lipinski definition) is 4. The van der Waals surface area contributed by atoms with Gasteiger partial charge in [0.25, 0.3) is 0 Å².